The maximum Gasteiger partial charge on any atom is 0.261 e. The van der Waals surface area contributed by atoms with E-state index in [1.807, 2.05) is 23.9 Å². The number of hydrogen-bond donors (Lipinski definition) is 1. The topological polar surface area (TPSA) is 91.0 Å². The average Bonchev–Trinajstić information content (AvgIpc) is 3.32. The third kappa shape index (κ3) is 4.55. The highest BCUT2D eigenvalue weighted by molar-refractivity contribution is 9.10. The Morgan fingerprint density at radius 3 is 2.56 bits per heavy atom. The van der Waals surface area contributed by atoms with E-state index >= 15 is 0 Å². The lowest BCUT2D eigenvalue weighted by Crippen LogP contribution is -2.24. The number of halogens is 2. The van der Waals surface area contributed by atoms with Crippen molar-refractivity contribution in [3.8, 4) is 17.2 Å². The van der Waals surface area contributed by atoms with Gasteiger partial charge < -0.3 is 14.6 Å². The van der Waals surface area contributed by atoms with Gasteiger partial charge in [0.05, 0.1) is 16.5 Å². The van der Waals surface area contributed by atoms with Gasteiger partial charge in [-0.25, -0.2) is 14.4 Å². The van der Waals surface area contributed by atoms with Gasteiger partial charge in [0.15, 0.2) is 0 Å². The number of rotatable bonds is 5. The van der Waals surface area contributed by atoms with Crippen LogP contribution in [0, 0.1) is 5.82 Å². The number of carbonyl (C=O) groups is 1. The molecule has 1 N–H and O–H groups in total. The number of aryl methyl sites for hydroxylation is 1. The Morgan fingerprint density at radius 1 is 0.974 bits per heavy atom. The second kappa shape index (κ2) is 9.80. The van der Waals surface area contributed by atoms with Crippen LogP contribution in [0.1, 0.15) is 10.4 Å². The van der Waals surface area contributed by atoms with Crippen LogP contribution in [0.2, 0.25) is 0 Å². The Kier molecular flexibility index (Phi) is 6.16. The van der Waals surface area contributed by atoms with Gasteiger partial charge in [0.2, 0.25) is 5.43 Å². The number of amides is 1. The fraction of sp³-hybridized carbons (Fsp3) is 0.0345. The van der Waals surface area contributed by atoms with Crippen molar-refractivity contribution in [1.29, 1.82) is 0 Å². The van der Waals surface area contributed by atoms with Crippen LogP contribution in [0.3, 0.4) is 0 Å². The lowest BCUT2D eigenvalue weighted by Gasteiger charge is -2.14. The molecule has 0 saturated carbocycles. The van der Waals surface area contributed by atoms with Gasteiger partial charge >= 0.3 is 0 Å². The maximum absolute atomic E-state index is 14.9. The summed E-state index contributed by atoms with van der Waals surface area (Å²) in [6.45, 7) is 0. The van der Waals surface area contributed by atoms with E-state index in [1.54, 1.807) is 60.8 Å². The van der Waals surface area contributed by atoms with Gasteiger partial charge in [0.1, 0.15) is 34.2 Å². The molecule has 8 nitrogen and oxygen atoms in total. The largest absolute Gasteiger partial charge is 0.457 e. The van der Waals surface area contributed by atoms with Gasteiger partial charge in [-0.05, 0) is 66.7 Å². The molecule has 0 radical (unpaired) electrons. The highest BCUT2D eigenvalue weighted by Crippen LogP contribution is 2.30. The van der Waals surface area contributed by atoms with Crippen LogP contribution in [0.15, 0.2) is 101 Å². The van der Waals surface area contributed by atoms with Crippen molar-refractivity contribution in [2.45, 2.75) is 0 Å². The van der Waals surface area contributed by atoms with Crippen LogP contribution in [-0.4, -0.2) is 25.0 Å². The summed E-state index contributed by atoms with van der Waals surface area (Å²) in [4.78, 5) is 35.1. The molecular formula is C29H19BrFN5O3. The molecule has 0 aliphatic heterocycles. The number of nitrogens with one attached hydrogen (secondary N) is 1. The molecule has 6 aromatic rings. The van der Waals surface area contributed by atoms with Gasteiger partial charge in [0, 0.05) is 42.0 Å². The lowest BCUT2D eigenvalue weighted by atomic mass is 10.1. The van der Waals surface area contributed by atoms with Crippen molar-refractivity contribution < 1.29 is 13.9 Å². The summed E-state index contributed by atoms with van der Waals surface area (Å²) in [7, 11) is 1.91. The Morgan fingerprint density at radius 2 is 1.77 bits per heavy atom. The van der Waals surface area contributed by atoms with Crippen LogP contribution < -0.4 is 15.5 Å². The quantitative estimate of drug-likeness (QED) is 0.260. The molecule has 6 rings (SSSR count). The first kappa shape index (κ1) is 24.5. The third-order valence-corrected chi connectivity index (χ3v) is 6.74. The minimum Gasteiger partial charge on any atom is -0.457 e. The van der Waals surface area contributed by atoms with Gasteiger partial charge in [-0.2, -0.15) is 0 Å². The molecule has 0 unspecified atom stereocenters. The van der Waals surface area contributed by atoms with Crippen LogP contribution in [0.4, 0.5) is 10.1 Å². The highest BCUT2D eigenvalue weighted by atomic mass is 79.9. The van der Waals surface area contributed by atoms with E-state index in [0.717, 1.165) is 11.0 Å². The summed E-state index contributed by atoms with van der Waals surface area (Å²) >= 11 is 3.25. The first-order chi connectivity index (χ1) is 18.9. The second-order valence-electron chi connectivity index (χ2n) is 8.77. The highest BCUT2D eigenvalue weighted by Gasteiger charge is 2.19. The zero-order valence-corrected chi connectivity index (χ0v) is 22.0. The SMILES string of the molecule is Cn1ccc2c(Oc3ccc(NC(=O)c4cn(-c5ccc(Br)cc5F)c5ncccc5c4=O)cc3)ccnc21. The molecule has 0 spiro atoms. The van der Waals surface area contributed by atoms with E-state index in [2.05, 4.69) is 31.2 Å². The Hall–Kier alpha value is -4.83. The summed E-state index contributed by atoms with van der Waals surface area (Å²) in [6, 6.07) is 18.2. The second-order valence-corrected chi connectivity index (χ2v) is 9.68. The van der Waals surface area contributed by atoms with Crippen molar-refractivity contribution in [3.05, 3.63) is 118 Å². The van der Waals surface area contributed by atoms with E-state index < -0.39 is 17.2 Å². The fourth-order valence-corrected chi connectivity index (χ4v) is 4.68. The Balaban J connectivity index is 1.30. The maximum atomic E-state index is 14.9. The zero-order chi connectivity index (χ0) is 27.1. The number of carbonyl (C=O) groups excluding carboxylic acids is 1. The van der Waals surface area contributed by atoms with Crippen molar-refractivity contribution in [2.24, 2.45) is 7.05 Å². The van der Waals surface area contributed by atoms with Crippen LogP contribution in [0.5, 0.6) is 11.5 Å². The molecule has 0 atom stereocenters. The normalized spacial score (nSPS) is 11.2. The van der Waals surface area contributed by atoms with E-state index in [1.165, 1.54) is 23.0 Å². The predicted molar refractivity (Wildman–Crippen MR) is 150 cm³/mol. The smallest absolute Gasteiger partial charge is 0.261 e. The summed E-state index contributed by atoms with van der Waals surface area (Å²) < 4.78 is 24.8. The Bertz CT molecular complexity index is 1950. The number of benzene rings is 2. The van der Waals surface area contributed by atoms with E-state index in [0.29, 0.717) is 21.7 Å². The minimum absolute atomic E-state index is 0.151. The molecule has 1 amide bonds. The number of aromatic nitrogens is 4. The summed E-state index contributed by atoms with van der Waals surface area (Å²) in [6.07, 6.45) is 6.40. The summed E-state index contributed by atoms with van der Waals surface area (Å²) in [5.41, 5.74) is 0.997. The predicted octanol–water partition coefficient (Wildman–Crippen LogP) is 6.22. The molecule has 0 fully saturated rings. The standard InChI is InChI=1S/C29H19BrFN5O3/c1-35-14-11-20-25(10-13-33-27(20)35)39-19-7-5-18(6-8-19)34-29(38)22-16-36(24-9-4-17(30)15-23(24)31)28-21(26(22)37)3-2-12-32-28/h2-16H,1H3,(H,34,38). The van der Waals surface area contributed by atoms with Gasteiger partial charge in [-0.1, -0.05) is 15.9 Å². The summed E-state index contributed by atoms with van der Waals surface area (Å²) in [5.74, 6) is 0.0480. The molecule has 0 aliphatic carbocycles. The van der Waals surface area contributed by atoms with Gasteiger partial charge in [-0.3, -0.25) is 14.2 Å². The van der Waals surface area contributed by atoms with Crippen molar-refractivity contribution >= 4 is 49.6 Å². The first-order valence-corrected chi connectivity index (χ1v) is 12.6. The molecule has 0 aliphatic rings. The molecule has 4 heterocycles. The number of pyridine rings is 3. The fourth-order valence-electron chi connectivity index (χ4n) is 4.34. The molecular weight excluding hydrogens is 565 g/mol. The number of ether oxygens (including phenoxy) is 1. The first-order valence-electron chi connectivity index (χ1n) is 11.8. The molecule has 2 aromatic carbocycles. The number of hydrogen-bond acceptors (Lipinski definition) is 5. The monoisotopic (exact) mass is 583 g/mol. The van der Waals surface area contributed by atoms with Crippen LogP contribution in [-0.2, 0) is 7.05 Å². The molecule has 4 aromatic heterocycles. The molecule has 10 heteroatoms. The van der Waals surface area contributed by atoms with E-state index in [-0.39, 0.29) is 22.3 Å². The van der Waals surface area contributed by atoms with Crippen molar-refractivity contribution in [1.82, 2.24) is 19.1 Å². The minimum atomic E-state index is -0.634. The number of fused-ring (bicyclic) bond motifs is 2. The number of anilines is 1. The molecule has 39 heavy (non-hydrogen) atoms. The third-order valence-electron chi connectivity index (χ3n) is 6.24. The van der Waals surface area contributed by atoms with Crippen molar-refractivity contribution in [3.63, 3.8) is 0 Å². The molecule has 0 bridgehead atoms. The molecule has 0 saturated heterocycles. The van der Waals surface area contributed by atoms with Crippen molar-refractivity contribution in [2.75, 3.05) is 5.32 Å². The van der Waals surface area contributed by atoms with E-state index in [9.17, 15) is 14.0 Å². The average molecular weight is 584 g/mol. The van der Waals surface area contributed by atoms with Crippen LogP contribution >= 0.6 is 15.9 Å². The summed E-state index contributed by atoms with van der Waals surface area (Å²) in [5, 5.41) is 3.82. The number of nitrogens with zero attached hydrogens (tertiary/aromatic N) is 4. The Labute approximate surface area is 229 Å². The van der Waals surface area contributed by atoms with Gasteiger partial charge in [0.25, 0.3) is 5.91 Å². The van der Waals surface area contributed by atoms with Crippen LogP contribution in [0.25, 0.3) is 27.8 Å². The van der Waals surface area contributed by atoms with E-state index in [4.69, 9.17) is 4.74 Å². The lowest BCUT2D eigenvalue weighted by molar-refractivity contribution is 0.102. The molecule has 192 valence electrons. The zero-order valence-electron chi connectivity index (χ0n) is 20.4. The van der Waals surface area contributed by atoms with Gasteiger partial charge in [-0.15, -0.1) is 0 Å².